The van der Waals surface area contributed by atoms with E-state index in [1.807, 2.05) is 25.1 Å². The third kappa shape index (κ3) is 2.60. The average Bonchev–Trinajstić information content (AvgIpc) is 2.40. The minimum atomic E-state index is -0.705. The lowest BCUT2D eigenvalue weighted by Crippen LogP contribution is -2.53. The first-order valence-electron chi connectivity index (χ1n) is 7.06. The van der Waals surface area contributed by atoms with Crippen molar-refractivity contribution in [2.75, 3.05) is 6.54 Å². The van der Waals surface area contributed by atoms with Crippen LogP contribution in [0.2, 0.25) is 0 Å². The van der Waals surface area contributed by atoms with Crippen LogP contribution in [0.1, 0.15) is 44.6 Å². The lowest BCUT2D eigenvalue weighted by molar-refractivity contribution is -0.0849. The van der Waals surface area contributed by atoms with Crippen LogP contribution in [-0.4, -0.2) is 17.3 Å². The highest BCUT2D eigenvalue weighted by Crippen LogP contribution is 2.45. The first kappa shape index (κ1) is 13.6. The molecule has 0 aromatic heterocycles. The van der Waals surface area contributed by atoms with Crippen LogP contribution in [0.4, 0.5) is 0 Å². The highest BCUT2D eigenvalue weighted by molar-refractivity contribution is 5.18. The molecule has 2 rings (SSSR count). The predicted molar refractivity (Wildman–Crippen MR) is 75.3 cm³/mol. The van der Waals surface area contributed by atoms with Gasteiger partial charge < -0.3 is 10.8 Å². The van der Waals surface area contributed by atoms with Gasteiger partial charge in [0.05, 0.1) is 5.60 Å². The first-order chi connectivity index (χ1) is 8.60. The molecule has 100 valence electrons. The second kappa shape index (κ2) is 5.41. The third-order valence-corrected chi connectivity index (χ3v) is 4.74. The smallest absolute Gasteiger partial charge is 0.0727 e. The zero-order valence-electron chi connectivity index (χ0n) is 11.4. The Kier molecular flexibility index (Phi) is 4.08. The van der Waals surface area contributed by atoms with Crippen LogP contribution in [0.5, 0.6) is 0 Å². The molecule has 0 spiro atoms. The van der Waals surface area contributed by atoms with Crippen molar-refractivity contribution >= 4 is 0 Å². The Morgan fingerprint density at radius 3 is 2.33 bits per heavy atom. The molecule has 1 aliphatic carbocycles. The molecule has 1 aromatic carbocycles. The van der Waals surface area contributed by atoms with Crippen molar-refractivity contribution in [2.24, 2.45) is 11.1 Å². The molecule has 1 saturated carbocycles. The van der Waals surface area contributed by atoms with Gasteiger partial charge in [0, 0.05) is 18.4 Å². The van der Waals surface area contributed by atoms with Gasteiger partial charge in [-0.05, 0) is 25.3 Å². The van der Waals surface area contributed by atoms with Crippen molar-refractivity contribution < 1.29 is 5.11 Å². The molecule has 0 amide bonds. The standard InChI is InChI=1S/C16H25NO/c1-15(18,12-14-8-4-2-5-9-14)16(13-17)10-6-3-7-11-16/h2,4-5,8-9,18H,3,6-7,10-13,17H2,1H3. The third-order valence-electron chi connectivity index (χ3n) is 4.74. The Labute approximate surface area is 110 Å². The lowest BCUT2D eigenvalue weighted by Gasteiger charge is -2.47. The summed E-state index contributed by atoms with van der Waals surface area (Å²) in [6, 6.07) is 10.2. The van der Waals surface area contributed by atoms with Gasteiger partial charge >= 0.3 is 0 Å². The fourth-order valence-electron chi connectivity index (χ4n) is 3.37. The van der Waals surface area contributed by atoms with Crippen LogP contribution in [0.25, 0.3) is 0 Å². The van der Waals surface area contributed by atoms with Crippen molar-refractivity contribution in [2.45, 2.75) is 51.0 Å². The summed E-state index contributed by atoms with van der Waals surface area (Å²) < 4.78 is 0. The summed E-state index contributed by atoms with van der Waals surface area (Å²) in [5.74, 6) is 0. The molecule has 2 heteroatoms. The van der Waals surface area contributed by atoms with Gasteiger partial charge in [-0.1, -0.05) is 49.6 Å². The van der Waals surface area contributed by atoms with Crippen molar-refractivity contribution in [1.29, 1.82) is 0 Å². The van der Waals surface area contributed by atoms with Crippen LogP contribution in [-0.2, 0) is 6.42 Å². The van der Waals surface area contributed by atoms with Crippen molar-refractivity contribution in [1.82, 2.24) is 0 Å². The van der Waals surface area contributed by atoms with E-state index in [0.717, 1.165) is 12.8 Å². The van der Waals surface area contributed by atoms with Crippen LogP contribution >= 0.6 is 0 Å². The second-order valence-electron chi connectivity index (χ2n) is 5.98. The molecule has 18 heavy (non-hydrogen) atoms. The predicted octanol–water partition coefficient (Wildman–Crippen LogP) is 2.89. The number of aliphatic hydroxyl groups is 1. The molecule has 0 heterocycles. The molecule has 1 atom stereocenters. The summed E-state index contributed by atoms with van der Waals surface area (Å²) in [5, 5.41) is 11.0. The quantitative estimate of drug-likeness (QED) is 0.859. The molecule has 1 fully saturated rings. The van der Waals surface area contributed by atoms with Gasteiger partial charge in [-0.15, -0.1) is 0 Å². The molecule has 0 radical (unpaired) electrons. The molecule has 1 unspecified atom stereocenters. The van der Waals surface area contributed by atoms with Crippen molar-refractivity contribution in [3.8, 4) is 0 Å². The molecule has 0 saturated heterocycles. The van der Waals surface area contributed by atoms with E-state index in [1.165, 1.54) is 24.8 Å². The first-order valence-corrected chi connectivity index (χ1v) is 7.06. The van der Waals surface area contributed by atoms with E-state index in [0.29, 0.717) is 13.0 Å². The van der Waals surface area contributed by atoms with Crippen molar-refractivity contribution in [3.05, 3.63) is 35.9 Å². The lowest BCUT2D eigenvalue weighted by atomic mass is 9.62. The van der Waals surface area contributed by atoms with Gasteiger partial charge in [-0.3, -0.25) is 0 Å². The van der Waals surface area contributed by atoms with Crippen LogP contribution in [0.15, 0.2) is 30.3 Å². The molecule has 0 aliphatic heterocycles. The minimum Gasteiger partial charge on any atom is -0.389 e. The van der Waals surface area contributed by atoms with Gasteiger partial charge in [0.25, 0.3) is 0 Å². The Morgan fingerprint density at radius 2 is 1.78 bits per heavy atom. The Hall–Kier alpha value is -0.860. The van der Waals surface area contributed by atoms with E-state index in [2.05, 4.69) is 12.1 Å². The van der Waals surface area contributed by atoms with E-state index in [-0.39, 0.29) is 5.41 Å². The Bertz CT molecular complexity index is 366. The number of benzene rings is 1. The summed E-state index contributed by atoms with van der Waals surface area (Å²) >= 11 is 0. The fourth-order valence-corrected chi connectivity index (χ4v) is 3.37. The van der Waals surface area contributed by atoms with Gasteiger partial charge in [0.2, 0.25) is 0 Å². The number of rotatable bonds is 4. The maximum absolute atomic E-state index is 11.0. The number of hydrogen-bond acceptors (Lipinski definition) is 2. The van der Waals surface area contributed by atoms with E-state index >= 15 is 0 Å². The van der Waals surface area contributed by atoms with E-state index in [1.54, 1.807) is 0 Å². The summed E-state index contributed by atoms with van der Waals surface area (Å²) in [6.45, 7) is 2.56. The summed E-state index contributed by atoms with van der Waals surface area (Å²) in [5.41, 5.74) is 6.41. The maximum Gasteiger partial charge on any atom is 0.0727 e. The zero-order valence-corrected chi connectivity index (χ0v) is 11.4. The van der Waals surface area contributed by atoms with Crippen molar-refractivity contribution in [3.63, 3.8) is 0 Å². The van der Waals surface area contributed by atoms with Gasteiger partial charge in [0.1, 0.15) is 0 Å². The van der Waals surface area contributed by atoms with E-state index < -0.39 is 5.60 Å². The van der Waals surface area contributed by atoms with E-state index in [9.17, 15) is 5.11 Å². The summed E-state index contributed by atoms with van der Waals surface area (Å²) in [4.78, 5) is 0. The van der Waals surface area contributed by atoms with Gasteiger partial charge in [-0.25, -0.2) is 0 Å². The van der Waals surface area contributed by atoms with Crippen LogP contribution in [0, 0.1) is 5.41 Å². The molecular weight excluding hydrogens is 222 g/mol. The largest absolute Gasteiger partial charge is 0.389 e. The van der Waals surface area contributed by atoms with Crippen LogP contribution < -0.4 is 5.73 Å². The van der Waals surface area contributed by atoms with E-state index in [4.69, 9.17) is 5.73 Å². The number of nitrogens with two attached hydrogens (primary N) is 1. The SMILES string of the molecule is CC(O)(Cc1ccccc1)C1(CN)CCCCC1. The zero-order chi connectivity index (χ0) is 13.1. The molecule has 2 nitrogen and oxygen atoms in total. The maximum atomic E-state index is 11.0. The molecule has 3 N–H and O–H groups in total. The highest BCUT2D eigenvalue weighted by atomic mass is 16.3. The summed E-state index contributed by atoms with van der Waals surface area (Å²) in [7, 11) is 0. The van der Waals surface area contributed by atoms with Gasteiger partial charge in [0.15, 0.2) is 0 Å². The minimum absolute atomic E-state index is 0.0961. The monoisotopic (exact) mass is 247 g/mol. The Balaban J connectivity index is 2.17. The molecule has 1 aliphatic rings. The molecule has 1 aromatic rings. The highest BCUT2D eigenvalue weighted by Gasteiger charge is 2.46. The second-order valence-corrected chi connectivity index (χ2v) is 5.98. The van der Waals surface area contributed by atoms with Gasteiger partial charge in [-0.2, -0.15) is 0 Å². The molecule has 0 bridgehead atoms. The average molecular weight is 247 g/mol. The molecular formula is C16H25NO. The Morgan fingerprint density at radius 1 is 1.17 bits per heavy atom. The summed E-state index contributed by atoms with van der Waals surface area (Å²) in [6.07, 6.45) is 6.49. The van der Waals surface area contributed by atoms with Crippen LogP contribution in [0.3, 0.4) is 0 Å². The topological polar surface area (TPSA) is 46.2 Å². The normalized spacial score (nSPS) is 22.4. The fraction of sp³-hybridized carbons (Fsp3) is 0.625. The number of hydrogen-bond donors (Lipinski definition) is 2.